The maximum Gasteiger partial charge on any atom is 0.328 e. The van der Waals surface area contributed by atoms with Crippen molar-refractivity contribution in [1.82, 2.24) is 10.2 Å². The average Bonchev–Trinajstić information content (AvgIpc) is 2.98. The quantitative estimate of drug-likeness (QED) is 0.620. The lowest BCUT2D eigenvalue weighted by Gasteiger charge is -2.24. The monoisotopic (exact) mass is 230 g/mol. The molecule has 0 bridgehead atoms. The topological polar surface area (TPSA) is 89.9 Å². The fourth-order valence-electron chi connectivity index (χ4n) is 1.56. The zero-order valence-electron chi connectivity index (χ0n) is 9.51. The van der Waals surface area contributed by atoms with E-state index >= 15 is 0 Å². The van der Waals surface area contributed by atoms with Crippen LogP contribution >= 0.6 is 0 Å². The third-order valence-corrected chi connectivity index (χ3v) is 2.62. The summed E-state index contributed by atoms with van der Waals surface area (Å²) in [5.41, 5.74) is 0. The van der Waals surface area contributed by atoms with Crippen molar-refractivity contribution in [2.45, 2.75) is 44.9 Å². The molecular formula is C10H18N2O4. The van der Waals surface area contributed by atoms with Gasteiger partial charge in [0, 0.05) is 12.6 Å². The molecule has 1 aliphatic carbocycles. The van der Waals surface area contributed by atoms with Crippen LogP contribution in [-0.2, 0) is 4.79 Å². The second-order valence-corrected chi connectivity index (χ2v) is 4.02. The van der Waals surface area contributed by atoms with Gasteiger partial charge in [-0.25, -0.2) is 9.59 Å². The summed E-state index contributed by atoms with van der Waals surface area (Å²) in [4.78, 5) is 24.1. The molecule has 3 N–H and O–H groups in total. The fraction of sp³-hybridized carbons (Fsp3) is 0.800. The number of carbonyl (C=O) groups excluding carboxylic acids is 1. The van der Waals surface area contributed by atoms with Gasteiger partial charge in [-0.3, -0.25) is 0 Å². The summed E-state index contributed by atoms with van der Waals surface area (Å²) >= 11 is 0. The van der Waals surface area contributed by atoms with Crippen molar-refractivity contribution in [1.29, 1.82) is 0 Å². The van der Waals surface area contributed by atoms with Gasteiger partial charge in [0.15, 0.2) is 6.04 Å². The summed E-state index contributed by atoms with van der Waals surface area (Å²) in [5, 5.41) is 20.4. The summed E-state index contributed by atoms with van der Waals surface area (Å²) in [6.07, 6.45) is 0.820. The van der Waals surface area contributed by atoms with Crippen molar-refractivity contribution in [2.24, 2.45) is 0 Å². The highest BCUT2D eigenvalue weighted by atomic mass is 16.4. The molecule has 0 aromatic rings. The molecule has 1 rings (SSSR count). The number of hydrogen-bond acceptors (Lipinski definition) is 3. The van der Waals surface area contributed by atoms with Crippen molar-refractivity contribution in [3.8, 4) is 0 Å². The van der Waals surface area contributed by atoms with E-state index in [9.17, 15) is 14.7 Å². The van der Waals surface area contributed by atoms with E-state index in [1.807, 2.05) is 6.92 Å². The number of aliphatic hydroxyl groups excluding tert-OH is 1. The molecule has 16 heavy (non-hydrogen) atoms. The Morgan fingerprint density at radius 1 is 1.50 bits per heavy atom. The van der Waals surface area contributed by atoms with Crippen molar-refractivity contribution < 1.29 is 19.8 Å². The number of amides is 2. The molecule has 1 saturated carbocycles. The molecular weight excluding hydrogens is 212 g/mol. The van der Waals surface area contributed by atoms with Gasteiger partial charge in [-0.1, -0.05) is 0 Å². The van der Waals surface area contributed by atoms with Crippen LogP contribution in [0.15, 0.2) is 0 Å². The number of carboxylic acids is 1. The fourth-order valence-corrected chi connectivity index (χ4v) is 1.56. The minimum absolute atomic E-state index is 0.230. The standard InChI is InChI=1S/C10H18N2O4/c1-3-12(7-4-5-7)10(16)11-8(6(2)13)9(14)15/h6-8,13H,3-5H2,1-2H3,(H,11,16)(H,14,15)/t6-,8+/m1/s1. The molecule has 0 spiro atoms. The van der Waals surface area contributed by atoms with Crippen LogP contribution in [0.2, 0.25) is 0 Å². The van der Waals surface area contributed by atoms with Crippen molar-refractivity contribution in [2.75, 3.05) is 6.54 Å². The van der Waals surface area contributed by atoms with Crippen LogP contribution in [0.4, 0.5) is 4.79 Å². The Labute approximate surface area is 94.2 Å². The molecule has 0 aromatic carbocycles. The van der Waals surface area contributed by atoms with Gasteiger partial charge in [-0.15, -0.1) is 0 Å². The highest BCUT2D eigenvalue weighted by Gasteiger charge is 2.34. The van der Waals surface area contributed by atoms with E-state index < -0.39 is 24.1 Å². The smallest absolute Gasteiger partial charge is 0.328 e. The molecule has 1 fully saturated rings. The van der Waals surface area contributed by atoms with E-state index in [0.717, 1.165) is 12.8 Å². The Kier molecular flexibility index (Phi) is 4.12. The number of aliphatic hydroxyl groups is 1. The van der Waals surface area contributed by atoms with Gasteiger partial charge in [0.1, 0.15) is 0 Å². The highest BCUT2D eigenvalue weighted by Crippen LogP contribution is 2.26. The number of nitrogens with zero attached hydrogens (tertiary/aromatic N) is 1. The second kappa shape index (κ2) is 5.16. The Bertz CT molecular complexity index is 276. The zero-order chi connectivity index (χ0) is 12.3. The summed E-state index contributed by atoms with van der Waals surface area (Å²) in [7, 11) is 0. The number of rotatable bonds is 5. The van der Waals surface area contributed by atoms with Crippen LogP contribution in [0.5, 0.6) is 0 Å². The molecule has 6 nitrogen and oxygen atoms in total. The van der Waals surface area contributed by atoms with Crippen molar-refractivity contribution in [3.05, 3.63) is 0 Å². The molecule has 0 heterocycles. The van der Waals surface area contributed by atoms with Crippen molar-refractivity contribution in [3.63, 3.8) is 0 Å². The maximum atomic E-state index is 11.7. The molecule has 2 amide bonds. The number of carboxylic acid groups (broad SMARTS) is 1. The summed E-state index contributed by atoms with van der Waals surface area (Å²) in [6, 6.07) is -1.44. The molecule has 0 radical (unpaired) electrons. The number of urea groups is 1. The molecule has 92 valence electrons. The van der Waals surface area contributed by atoms with Crippen LogP contribution < -0.4 is 5.32 Å². The van der Waals surface area contributed by atoms with Crippen LogP contribution in [0, 0.1) is 0 Å². The van der Waals surface area contributed by atoms with Gasteiger partial charge < -0.3 is 20.4 Å². The predicted octanol–water partition coefficient (Wildman–Crippen LogP) is 0.0143. The first kappa shape index (κ1) is 12.8. The van der Waals surface area contributed by atoms with Crippen LogP contribution in [-0.4, -0.2) is 51.8 Å². The van der Waals surface area contributed by atoms with E-state index in [4.69, 9.17) is 5.11 Å². The third kappa shape index (κ3) is 3.10. The van der Waals surface area contributed by atoms with Crippen LogP contribution in [0.1, 0.15) is 26.7 Å². The van der Waals surface area contributed by atoms with E-state index in [2.05, 4.69) is 5.32 Å². The van der Waals surface area contributed by atoms with Gasteiger partial charge in [0.2, 0.25) is 0 Å². The largest absolute Gasteiger partial charge is 0.480 e. The van der Waals surface area contributed by atoms with E-state index in [0.29, 0.717) is 6.54 Å². The molecule has 6 heteroatoms. The number of carbonyl (C=O) groups is 2. The maximum absolute atomic E-state index is 11.7. The first-order valence-electron chi connectivity index (χ1n) is 5.45. The lowest BCUT2D eigenvalue weighted by molar-refractivity contribution is -0.141. The van der Waals surface area contributed by atoms with E-state index in [1.54, 1.807) is 4.90 Å². The van der Waals surface area contributed by atoms with Crippen LogP contribution in [0.25, 0.3) is 0 Å². The zero-order valence-corrected chi connectivity index (χ0v) is 9.51. The van der Waals surface area contributed by atoms with Gasteiger partial charge in [0.05, 0.1) is 6.10 Å². The Morgan fingerprint density at radius 2 is 2.06 bits per heavy atom. The molecule has 0 aliphatic heterocycles. The number of aliphatic carboxylic acids is 1. The van der Waals surface area contributed by atoms with Crippen molar-refractivity contribution >= 4 is 12.0 Å². The normalized spacial score (nSPS) is 18.7. The average molecular weight is 230 g/mol. The number of hydrogen-bond donors (Lipinski definition) is 3. The summed E-state index contributed by atoms with van der Waals surface area (Å²) in [5.74, 6) is -1.23. The second-order valence-electron chi connectivity index (χ2n) is 4.02. The molecule has 2 atom stereocenters. The molecule has 0 saturated heterocycles. The van der Waals surface area contributed by atoms with Crippen LogP contribution in [0.3, 0.4) is 0 Å². The molecule has 0 aromatic heterocycles. The highest BCUT2D eigenvalue weighted by molar-refractivity contribution is 5.83. The molecule has 0 unspecified atom stereocenters. The SMILES string of the molecule is CCN(C(=O)N[C@H](C(=O)O)[C@@H](C)O)C1CC1. The summed E-state index contributed by atoms with van der Waals surface area (Å²) in [6.45, 7) is 3.73. The number of nitrogens with one attached hydrogen (secondary N) is 1. The van der Waals surface area contributed by atoms with Gasteiger partial charge in [-0.2, -0.15) is 0 Å². The van der Waals surface area contributed by atoms with Gasteiger partial charge in [-0.05, 0) is 26.7 Å². The lowest BCUT2D eigenvalue weighted by atomic mass is 10.2. The summed E-state index contributed by atoms with van der Waals surface area (Å²) < 4.78 is 0. The lowest BCUT2D eigenvalue weighted by Crippen LogP contribution is -2.52. The minimum Gasteiger partial charge on any atom is -0.480 e. The van der Waals surface area contributed by atoms with Gasteiger partial charge >= 0.3 is 12.0 Å². The predicted molar refractivity (Wildman–Crippen MR) is 57.0 cm³/mol. The first-order valence-corrected chi connectivity index (χ1v) is 5.45. The third-order valence-electron chi connectivity index (χ3n) is 2.62. The van der Waals surface area contributed by atoms with E-state index in [1.165, 1.54) is 6.92 Å². The Hall–Kier alpha value is -1.30. The Morgan fingerprint density at radius 3 is 2.38 bits per heavy atom. The molecule has 1 aliphatic rings. The minimum atomic E-state index is -1.25. The first-order chi connectivity index (χ1) is 7.47. The van der Waals surface area contributed by atoms with Gasteiger partial charge in [0.25, 0.3) is 0 Å². The Balaban J connectivity index is 2.56. The van der Waals surface area contributed by atoms with E-state index in [-0.39, 0.29) is 6.04 Å².